The quantitative estimate of drug-likeness (QED) is 0.0698. The molecule has 0 N–H and O–H groups in total. The van der Waals surface area contributed by atoms with Crippen LogP contribution >= 0.6 is 0 Å². The Morgan fingerprint density at radius 1 is 0.340 bits per heavy atom. The Hall–Kier alpha value is -4.02. The van der Waals surface area contributed by atoms with Gasteiger partial charge in [0, 0.05) is 11.1 Å². The molecule has 0 saturated heterocycles. The summed E-state index contributed by atoms with van der Waals surface area (Å²) in [5, 5.41) is 0. The Bertz CT molecular complexity index is 1290. The molecule has 4 heteroatoms. The van der Waals surface area contributed by atoms with Crippen LogP contribution in [0.2, 0.25) is 0 Å². The molecule has 270 valence electrons. The zero-order valence-electron chi connectivity index (χ0n) is 31.5. The molecule has 50 heavy (non-hydrogen) atoms. The molecule has 3 aromatic carbocycles. The van der Waals surface area contributed by atoms with Crippen molar-refractivity contribution >= 4 is 0 Å². The van der Waals surface area contributed by atoms with Gasteiger partial charge in [-0.1, -0.05) is 165 Å². The minimum atomic E-state index is 0.560. The van der Waals surface area contributed by atoms with E-state index in [1.807, 2.05) is 60.7 Å². The molecule has 0 aromatic heterocycles. The van der Waals surface area contributed by atoms with Gasteiger partial charge in [0.25, 0.3) is 0 Å². The third-order valence-electron chi connectivity index (χ3n) is 8.51. The van der Waals surface area contributed by atoms with Crippen molar-refractivity contribution in [2.75, 3.05) is 26.4 Å². The van der Waals surface area contributed by atoms with E-state index in [2.05, 4.69) is 51.4 Å². The van der Waals surface area contributed by atoms with Crippen LogP contribution in [0.3, 0.4) is 0 Å². The van der Waals surface area contributed by atoms with Crippen molar-refractivity contribution in [1.29, 1.82) is 0 Å². The van der Waals surface area contributed by atoms with Crippen molar-refractivity contribution in [3.63, 3.8) is 0 Å². The molecule has 4 nitrogen and oxygen atoms in total. The molecule has 0 fully saturated rings. The van der Waals surface area contributed by atoms with E-state index in [9.17, 15) is 0 Å². The standard InChI is InChI=1S/C46H62O4/c1-5-9-13-23-35-47-43-41(33-31-39-27-19-17-20-28-39)45(49-37-25-15-11-7-3)46(50-38-26-16-12-8-4)42(34-32-40-29-21-18-22-30-40)44(43)48-36-24-14-10-6-2/h17-22,27-30H,5-16,23-26,35-38H2,1-4H3. The van der Waals surface area contributed by atoms with Crippen molar-refractivity contribution < 1.29 is 18.9 Å². The van der Waals surface area contributed by atoms with E-state index in [0.717, 1.165) is 62.5 Å². The van der Waals surface area contributed by atoms with E-state index in [-0.39, 0.29) is 0 Å². The van der Waals surface area contributed by atoms with Crippen LogP contribution < -0.4 is 18.9 Å². The molecule has 0 saturated carbocycles. The highest BCUT2D eigenvalue weighted by molar-refractivity contribution is 5.75. The molecule has 3 aromatic rings. The number of rotatable bonds is 24. The Morgan fingerprint density at radius 2 is 0.620 bits per heavy atom. The fraction of sp³-hybridized carbons (Fsp3) is 0.522. The largest absolute Gasteiger partial charge is 0.488 e. The molecule has 0 radical (unpaired) electrons. The number of benzene rings is 3. The summed E-state index contributed by atoms with van der Waals surface area (Å²) in [5.41, 5.74) is 3.20. The molecule has 0 aliphatic carbocycles. The van der Waals surface area contributed by atoms with E-state index >= 15 is 0 Å². The van der Waals surface area contributed by atoms with Crippen LogP contribution in [0, 0.1) is 23.7 Å². The topological polar surface area (TPSA) is 36.9 Å². The summed E-state index contributed by atoms with van der Waals surface area (Å²) >= 11 is 0. The maximum absolute atomic E-state index is 6.74. The molecule has 0 bridgehead atoms. The van der Waals surface area contributed by atoms with Crippen molar-refractivity contribution in [3.05, 3.63) is 82.9 Å². The van der Waals surface area contributed by atoms with Gasteiger partial charge in [0.1, 0.15) is 11.1 Å². The van der Waals surface area contributed by atoms with Gasteiger partial charge in [-0.05, 0) is 49.9 Å². The summed E-state index contributed by atoms with van der Waals surface area (Å²) < 4.78 is 27.0. The summed E-state index contributed by atoms with van der Waals surface area (Å²) in [6.07, 6.45) is 17.6. The lowest BCUT2D eigenvalue weighted by molar-refractivity contribution is 0.237. The lowest BCUT2D eigenvalue weighted by Crippen LogP contribution is -2.12. The predicted octanol–water partition coefficient (Wildman–Crippen LogP) is 12.3. The van der Waals surface area contributed by atoms with Gasteiger partial charge in [-0.3, -0.25) is 0 Å². The third kappa shape index (κ3) is 14.8. The highest BCUT2D eigenvalue weighted by Crippen LogP contribution is 2.49. The highest BCUT2D eigenvalue weighted by Gasteiger charge is 2.28. The maximum Gasteiger partial charge on any atom is 0.182 e. The van der Waals surface area contributed by atoms with Gasteiger partial charge < -0.3 is 18.9 Å². The van der Waals surface area contributed by atoms with E-state index < -0.39 is 0 Å². The minimum absolute atomic E-state index is 0.560. The first-order valence-electron chi connectivity index (χ1n) is 19.6. The second-order valence-electron chi connectivity index (χ2n) is 12.9. The van der Waals surface area contributed by atoms with Gasteiger partial charge in [0.2, 0.25) is 0 Å². The van der Waals surface area contributed by atoms with Gasteiger partial charge >= 0.3 is 0 Å². The Balaban J connectivity index is 2.29. The summed E-state index contributed by atoms with van der Waals surface area (Å²) in [6.45, 7) is 11.2. The summed E-state index contributed by atoms with van der Waals surface area (Å²) in [6, 6.07) is 20.2. The van der Waals surface area contributed by atoms with E-state index in [4.69, 9.17) is 18.9 Å². The van der Waals surface area contributed by atoms with Crippen molar-refractivity contribution in [1.82, 2.24) is 0 Å². The molecular weight excluding hydrogens is 617 g/mol. The smallest absolute Gasteiger partial charge is 0.182 e. The van der Waals surface area contributed by atoms with Crippen LogP contribution in [0.4, 0.5) is 0 Å². The summed E-state index contributed by atoms with van der Waals surface area (Å²) in [7, 11) is 0. The predicted molar refractivity (Wildman–Crippen MR) is 210 cm³/mol. The number of ether oxygens (including phenoxy) is 4. The van der Waals surface area contributed by atoms with Crippen LogP contribution in [0.25, 0.3) is 0 Å². The molecule has 0 spiro atoms. The zero-order chi connectivity index (χ0) is 35.5. The second-order valence-corrected chi connectivity index (χ2v) is 12.9. The number of unbranched alkanes of at least 4 members (excludes halogenated alkanes) is 12. The van der Waals surface area contributed by atoms with Crippen LogP contribution in [-0.2, 0) is 0 Å². The fourth-order valence-corrected chi connectivity index (χ4v) is 5.56. The van der Waals surface area contributed by atoms with Crippen molar-refractivity contribution in [2.45, 2.75) is 130 Å². The highest BCUT2D eigenvalue weighted by atomic mass is 16.5. The Morgan fingerprint density at radius 3 is 0.880 bits per heavy atom. The van der Waals surface area contributed by atoms with Gasteiger partial charge in [-0.15, -0.1) is 0 Å². The minimum Gasteiger partial charge on any atom is -0.488 e. The molecule has 0 aliphatic rings. The summed E-state index contributed by atoms with van der Waals surface area (Å²) in [5.74, 6) is 16.2. The van der Waals surface area contributed by atoms with Gasteiger partial charge in [0.15, 0.2) is 23.0 Å². The fourth-order valence-electron chi connectivity index (χ4n) is 5.56. The van der Waals surface area contributed by atoms with Crippen LogP contribution in [0.15, 0.2) is 60.7 Å². The SMILES string of the molecule is CCCCCCOc1c(C#Cc2ccccc2)c(OCCCCCC)c(OCCCCCC)c(C#Cc2ccccc2)c1OCCCCCC. The molecular formula is C46H62O4. The molecule has 0 atom stereocenters. The molecule has 0 amide bonds. The van der Waals surface area contributed by atoms with Gasteiger partial charge in [0.05, 0.1) is 26.4 Å². The van der Waals surface area contributed by atoms with Crippen LogP contribution in [0.5, 0.6) is 23.0 Å². The molecule has 3 rings (SSSR count). The first-order chi connectivity index (χ1) is 24.7. The first kappa shape index (κ1) is 40.4. The molecule has 0 unspecified atom stereocenters. The molecule has 0 aliphatic heterocycles. The Labute approximate surface area is 304 Å². The van der Waals surface area contributed by atoms with Gasteiger partial charge in [-0.2, -0.15) is 0 Å². The lowest BCUT2D eigenvalue weighted by Gasteiger charge is -2.23. The lowest BCUT2D eigenvalue weighted by atomic mass is 10.0. The Kier molecular flexibility index (Phi) is 20.9. The van der Waals surface area contributed by atoms with Crippen molar-refractivity contribution in [3.8, 4) is 46.7 Å². The van der Waals surface area contributed by atoms with Crippen LogP contribution in [0.1, 0.15) is 153 Å². The monoisotopic (exact) mass is 678 g/mol. The maximum atomic E-state index is 6.74. The third-order valence-corrected chi connectivity index (χ3v) is 8.51. The second kappa shape index (κ2) is 25.9. The number of hydrogen-bond donors (Lipinski definition) is 0. The molecule has 0 heterocycles. The average Bonchev–Trinajstić information content (AvgIpc) is 3.15. The average molecular weight is 679 g/mol. The summed E-state index contributed by atoms with van der Waals surface area (Å²) in [4.78, 5) is 0. The van der Waals surface area contributed by atoms with E-state index in [1.54, 1.807) is 0 Å². The zero-order valence-corrected chi connectivity index (χ0v) is 31.5. The normalized spacial score (nSPS) is 10.5. The first-order valence-corrected chi connectivity index (χ1v) is 19.6. The van der Waals surface area contributed by atoms with E-state index in [1.165, 1.54) is 51.4 Å². The number of hydrogen-bond acceptors (Lipinski definition) is 4. The van der Waals surface area contributed by atoms with Crippen molar-refractivity contribution in [2.24, 2.45) is 0 Å². The van der Waals surface area contributed by atoms with Crippen LogP contribution in [-0.4, -0.2) is 26.4 Å². The van der Waals surface area contributed by atoms with E-state index in [0.29, 0.717) is 60.6 Å². The van der Waals surface area contributed by atoms with Gasteiger partial charge in [-0.25, -0.2) is 0 Å².